The number of aldehydes is 1. The largest absolute Gasteiger partial charge is 0.506 e. The average Bonchev–Trinajstić information content (AvgIpc) is 2.02. The highest BCUT2D eigenvalue weighted by molar-refractivity contribution is 9.10. The maximum Gasteiger partial charge on any atom is 0.154 e. The Hall–Kier alpha value is -0.900. The monoisotopic (exact) mass is 232 g/mol. The third kappa shape index (κ3) is 1.34. The van der Waals surface area contributed by atoms with Crippen molar-refractivity contribution in [3.63, 3.8) is 0 Å². The summed E-state index contributed by atoms with van der Waals surface area (Å²) in [6, 6.07) is 1.12. The summed E-state index contributed by atoms with van der Waals surface area (Å²) in [5.41, 5.74) is 0.146. The van der Waals surface area contributed by atoms with Gasteiger partial charge in [-0.15, -0.1) is 0 Å². The highest BCUT2D eigenvalue weighted by Crippen LogP contribution is 2.30. The highest BCUT2D eigenvalue weighted by Gasteiger charge is 2.12. The van der Waals surface area contributed by atoms with Gasteiger partial charge in [-0.1, -0.05) is 0 Å². The Morgan fingerprint density at radius 3 is 2.75 bits per heavy atom. The third-order valence-corrected chi connectivity index (χ3v) is 2.22. The lowest BCUT2D eigenvalue weighted by Gasteiger charge is -2.04. The Morgan fingerprint density at radius 2 is 2.25 bits per heavy atom. The molecule has 0 aromatic heterocycles. The van der Waals surface area contributed by atoms with E-state index < -0.39 is 5.82 Å². The molecular formula is C8H6BrFO2. The van der Waals surface area contributed by atoms with Gasteiger partial charge in [0.15, 0.2) is 6.29 Å². The van der Waals surface area contributed by atoms with Crippen LogP contribution in [0, 0.1) is 12.7 Å². The first-order chi connectivity index (χ1) is 5.57. The van der Waals surface area contributed by atoms with Crippen LogP contribution < -0.4 is 0 Å². The van der Waals surface area contributed by atoms with Crippen molar-refractivity contribution < 1.29 is 14.3 Å². The van der Waals surface area contributed by atoms with Crippen molar-refractivity contribution in [3.8, 4) is 5.75 Å². The second-order valence-corrected chi connectivity index (χ2v) is 3.20. The predicted octanol–water partition coefficient (Wildman–Crippen LogP) is 2.41. The van der Waals surface area contributed by atoms with Crippen LogP contribution in [0.4, 0.5) is 4.39 Å². The van der Waals surface area contributed by atoms with Crippen molar-refractivity contribution in [2.75, 3.05) is 0 Å². The van der Waals surface area contributed by atoms with E-state index in [0.717, 1.165) is 6.07 Å². The molecule has 0 radical (unpaired) electrons. The van der Waals surface area contributed by atoms with Crippen LogP contribution >= 0.6 is 15.9 Å². The summed E-state index contributed by atoms with van der Waals surface area (Å²) in [7, 11) is 0. The fraction of sp³-hybridized carbons (Fsp3) is 0.125. The van der Waals surface area contributed by atoms with Crippen LogP contribution in [0.25, 0.3) is 0 Å². The molecule has 0 unspecified atom stereocenters. The topological polar surface area (TPSA) is 37.3 Å². The first-order valence-electron chi connectivity index (χ1n) is 3.20. The number of carbonyl (C=O) groups is 1. The zero-order valence-electron chi connectivity index (χ0n) is 6.27. The third-order valence-electron chi connectivity index (χ3n) is 1.61. The summed E-state index contributed by atoms with van der Waals surface area (Å²) < 4.78 is 13.1. The molecule has 64 valence electrons. The molecular weight excluding hydrogens is 227 g/mol. The van der Waals surface area contributed by atoms with E-state index in [-0.39, 0.29) is 21.3 Å². The molecule has 0 aliphatic rings. The van der Waals surface area contributed by atoms with Gasteiger partial charge in [-0.25, -0.2) is 4.39 Å². The number of benzene rings is 1. The second kappa shape index (κ2) is 3.23. The first-order valence-corrected chi connectivity index (χ1v) is 4.00. The molecule has 0 spiro atoms. The van der Waals surface area contributed by atoms with Gasteiger partial charge in [-0.2, -0.15) is 0 Å². The molecule has 0 saturated carbocycles. The Labute approximate surface area is 77.2 Å². The van der Waals surface area contributed by atoms with E-state index in [1.54, 1.807) is 0 Å². The minimum absolute atomic E-state index is 0.0122. The standard InChI is InChI=1S/C8H6BrFO2/c1-4-5(3-11)8(12)6(9)2-7(4)10/h2-3,12H,1H3. The molecule has 0 aliphatic carbocycles. The predicted molar refractivity (Wildman–Crippen MR) is 45.9 cm³/mol. The minimum atomic E-state index is -0.512. The maximum absolute atomic E-state index is 12.9. The van der Waals surface area contributed by atoms with Gasteiger partial charge in [0.05, 0.1) is 10.0 Å². The van der Waals surface area contributed by atoms with Gasteiger partial charge in [0.1, 0.15) is 11.6 Å². The molecule has 0 saturated heterocycles. The smallest absolute Gasteiger partial charge is 0.154 e. The zero-order chi connectivity index (χ0) is 9.30. The van der Waals surface area contributed by atoms with Gasteiger partial charge < -0.3 is 5.11 Å². The fourth-order valence-electron chi connectivity index (χ4n) is 0.867. The number of hydrogen-bond donors (Lipinski definition) is 1. The van der Waals surface area contributed by atoms with Crippen molar-refractivity contribution in [1.29, 1.82) is 0 Å². The summed E-state index contributed by atoms with van der Waals surface area (Å²) in [4.78, 5) is 10.4. The van der Waals surface area contributed by atoms with Crippen LogP contribution in [-0.4, -0.2) is 11.4 Å². The Kier molecular flexibility index (Phi) is 2.47. The van der Waals surface area contributed by atoms with Gasteiger partial charge in [0.2, 0.25) is 0 Å². The molecule has 2 nitrogen and oxygen atoms in total. The Balaban J connectivity index is 3.52. The van der Waals surface area contributed by atoms with Crippen molar-refractivity contribution >= 4 is 22.2 Å². The van der Waals surface area contributed by atoms with Gasteiger partial charge in [0, 0.05) is 0 Å². The fourth-order valence-corrected chi connectivity index (χ4v) is 1.28. The van der Waals surface area contributed by atoms with Crippen LogP contribution in [0.5, 0.6) is 5.75 Å². The molecule has 0 fully saturated rings. The summed E-state index contributed by atoms with van der Waals surface area (Å²) >= 11 is 2.92. The Morgan fingerprint density at radius 1 is 1.67 bits per heavy atom. The number of aromatic hydroxyl groups is 1. The highest BCUT2D eigenvalue weighted by atomic mass is 79.9. The zero-order valence-corrected chi connectivity index (χ0v) is 7.85. The van der Waals surface area contributed by atoms with E-state index in [1.807, 2.05) is 0 Å². The van der Waals surface area contributed by atoms with E-state index in [0.29, 0.717) is 6.29 Å². The molecule has 12 heavy (non-hydrogen) atoms. The van der Waals surface area contributed by atoms with Crippen LogP contribution in [-0.2, 0) is 0 Å². The molecule has 1 N–H and O–H groups in total. The molecule has 4 heteroatoms. The Bertz CT molecular complexity index is 310. The normalized spacial score (nSPS) is 9.92. The maximum atomic E-state index is 12.9. The number of phenolic OH excluding ortho intramolecular Hbond substituents is 1. The first kappa shape index (κ1) is 9.19. The van der Waals surface area contributed by atoms with Gasteiger partial charge in [0.25, 0.3) is 0 Å². The summed E-state index contributed by atoms with van der Waals surface area (Å²) in [5.74, 6) is -0.731. The molecule has 0 amide bonds. The van der Waals surface area contributed by atoms with E-state index >= 15 is 0 Å². The van der Waals surface area contributed by atoms with Crippen LogP contribution in [0.1, 0.15) is 15.9 Å². The van der Waals surface area contributed by atoms with Gasteiger partial charge in [-0.3, -0.25) is 4.79 Å². The van der Waals surface area contributed by atoms with Crippen molar-refractivity contribution in [2.24, 2.45) is 0 Å². The number of rotatable bonds is 1. The molecule has 0 aliphatic heterocycles. The average molecular weight is 233 g/mol. The second-order valence-electron chi connectivity index (χ2n) is 2.35. The van der Waals surface area contributed by atoms with Crippen molar-refractivity contribution in [1.82, 2.24) is 0 Å². The van der Waals surface area contributed by atoms with Crippen LogP contribution in [0.15, 0.2) is 10.5 Å². The SMILES string of the molecule is Cc1c(F)cc(Br)c(O)c1C=O. The number of halogens is 2. The molecule has 0 bridgehead atoms. The van der Waals surface area contributed by atoms with Crippen LogP contribution in [0.3, 0.4) is 0 Å². The van der Waals surface area contributed by atoms with Gasteiger partial charge >= 0.3 is 0 Å². The minimum Gasteiger partial charge on any atom is -0.506 e. The number of hydrogen-bond acceptors (Lipinski definition) is 2. The van der Waals surface area contributed by atoms with E-state index in [2.05, 4.69) is 15.9 Å². The van der Waals surface area contributed by atoms with E-state index in [9.17, 15) is 14.3 Å². The van der Waals surface area contributed by atoms with Crippen molar-refractivity contribution in [3.05, 3.63) is 27.5 Å². The van der Waals surface area contributed by atoms with E-state index in [1.165, 1.54) is 6.92 Å². The lowest BCUT2D eigenvalue weighted by Crippen LogP contribution is -1.92. The lowest BCUT2D eigenvalue weighted by atomic mass is 10.1. The van der Waals surface area contributed by atoms with Gasteiger partial charge in [-0.05, 0) is 34.5 Å². The number of phenols is 1. The lowest BCUT2D eigenvalue weighted by molar-refractivity contribution is 0.111. The van der Waals surface area contributed by atoms with Crippen molar-refractivity contribution in [2.45, 2.75) is 6.92 Å². The quantitative estimate of drug-likeness (QED) is 0.756. The summed E-state index contributed by atoms with van der Waals surface area (Å²) in [6.07, 6.45) is 0.429. The number of carbonyl (C=O) groups excluding carboxylic acids is 1. The van der Waals surface area contributed by atoms with E-state index in [4.69, 9.17) is 0 Å². The summed E-state index contributed by atoms with van der Waals surface area (Å²) in [6.45, 7) is 1.44. The molecule has 0 heterocycles. The molecule has 1 aromatic rings. The van der Waals surface area contributed by atoms with Crippen LogP contribution in [0.2, 0.25) is 0 Å². The molecule has 0 atom stereocenters. The molecule has 1 aromatic carbocycles. The summed E-state index contributed by atoms with van der Waals surface area (Å²) in [5, 5.41) is 9.26. The molecule has 1 rings (SSSR count).